The van der Waals surface area contributed by atoms with Crippen molar-refractivity contribution in [3.05, 3.63) is 20.9 Å². The number of hydrogen-bond acceptors (Lipinski definition) is 2. The van der Waals surface area contributed by atoms with Gasteiger partial charge in [0.2, 0.25) is 0 Å². The summed E-state index contributed by atoms with van der Waals surface area (Å²) in [5.74, 6) is 0.522. The molecule has 1 unspecified atom stereocenters. The number of halogens is 1. The summed E-state index contributed by atoms with van der Waals surface area (Å²) >= 11 is 5.44. The minimum absolute atomic E-state index is 0.206. The third-order valence-electron chi connectivity index (χ3n) is 1.24. The zero-order chi connectivity index (χ0) is 9.23. The Hall–Kier alpha value is -1.09. The van der Waals surface area contributed by atoms with Crippen molar-refractivity contribution in [2.24, 2.45) is 10.2 Å². The van der Waals surface area contributed by atoms with Gasteiger partial charge in [-0.1, -0.05) is 10.2 Å². The molecule has 7 heteroatoms. The van der Waals surface area contributed by atoms with Gasteiger partial charge in [-0.15, -0.1) is 11.6 Å². The molecule has 0 aromatic heterocycles. The molecule has 0 rings (SSSR count). The maximum Gasteiger partial charge on any atom is 0.0430 e. The molecule has 12 heavy (non-hydrogen) atoms. The SMILES string of the molecule is [N-]=[N+]=NCC(CCCCl)N=[N+]=[N-]. The Labute approximate surface area is 74.8 Å². The second-order valence-electron chi connectivity index (χ2n) is 2.10. The van der Waals surface area contributed by atoms with Gasteiger partial charge in [-0.2, -0.15) is 0 Å². The van der Waals surface area contributed by atoms with Crippen molar-refractivity contribution in [3.63, 3.8) is 0 Å². The molecule has 0 aliphatic rings. The van der Waals surface area contributed by atoms with E-state index in [1.807, 2.05) is 0 Å². The van der Waals surface area contributed by atoms with Crippen LogP contribution in [0.2, 0.25) is 0 Å². The Morgan fingerprint density at radius 2 is 2.08 bits per heavy atom. The lowest BCUT2D eigenvalue weighted by Crippen LogP contribution is -2.07. The molecule has 0 fully saturated rings. The highest BCUT2D eigenvalue weighted by atomic mass is 35.5. The molecule has 0 amide bonds. The quantitative estimate of drug-likeness (QED) is 0.265. The molecule has 0 aliphatic carbocycles. The monoisotopic (exact) mass is 188 g/mol. The van der Waals surface area contributed by atoms with Crippen molar-refractivity contribution >= 4 is 11.6 Å². The summed E-state index contributed by atoms with van der Waals surface area (Å²) in [6.45, 7) is 0.206. The van der Waals surface area contributed by atoms with Gasteiger partial charge in [-0.05, 0) is 23.9 Å². The molecule has 0 N–H and O–H groups in total. The normalized spacial score (nSPS) is 11.1. The molecular formula is C5H9ClN6. The van der Waals surface area contributed by atoms with Crippen LogP contribution in [0.25, 0.3) is 20.9 Å². The molecule has 1 atom stereocenters. The molecule has 0 spiro atoms. The average Bonchev–Trinajstić information content (AvgIpc) is 2.10. The fourth-order valence-electron chi connectivity index (χ4n) is 0.702. The smallest absolute Gasteiger partial charge is 0.0430 e. The van der Waals surface area contributed by atoms with E-state index < -0.39 is 0 Å². The van der Waals surface area contributed by atoms with Crippen molar-refractivity contribution < 1.29 is 0 Å². The number of alkyl halides is 1. The van der Waals surface area contributed by atoms with E-state index in [4.69, 9.17) is 22.7 Å². The Bertz CT molecular complexity index is 204. The van der Waals surface area contributed by atoms with E-state index in [1.165, 1.54) is 0 Å². The first-order valence-electron chi connectivity index (χ1n) is 3.46. The van der Waals surface area contributed by atoms with Crippen molar-refractivity contribution in [1.29, 1.82) is 0 Å². The second-order valence-corrected chi connectivity index (χ2v) is 2.48. The predicted molar refractivity (Wildman–Crippen MR) is 46.9 cm³/mol. The van der Waals surface area contributed by atoms with E-state index in [1.54, 1.807) is 0 Å². The number of azide groups is 2. The number of rotatable bonds is 6. The van der Waals surface area contributed by atoms with Crippen LogP contribution in [0.15, 0.2) is 10.2 Å². The fraction of sp³-hybridized carbons (Fsp3) is 1.00. The van der Waals surface area contributed by atoms with E-state index in [9.17, 15) is 0 Å². The van der Waals surface area contributed by atoms with E-state index in [0.717, 1.165) is 6.42 Å². The minimum atomic E-state index is -0.260. The van der Waals surface area contributed by atoms with Crippen LogP contribution in [0.4, 0.5) is 0 Å². The third-order valence-corrected chi connectivity index (χ3v) is 1.51. The maximum atomic E-state index is 8.13. The largest absolute Gasteiger partial charge is 0.127 e. The second kappa shape index (κ2) is 8.01. The summed E-state index contributed by atoms with van der Waals surface area (Å²) in [5, 5.41) is 6.77. The summed E-state index contributed by atoms with van der Waals surface area (Å²) in [5.41, 5.74) is 16.1. The van der Waals surface area contributed by atoms with Gasteiger partial charge in [0.25, 0.3) is 0 Å². The van der Waals surface area contributed by atoms with Gasteiger partial charge in [0, 0.05) is 28.3 Å². The first kappa shape index (κ1) is 10.9. The van der Waals surface area contributed by atoms with Crippen molar-refractivity contribution in [3.8, 4) is 0 Å². The lowest BCUT2D eigenvalue weighted by molar-refractivity contribution is 0.609. The minimum Gasteiger partial charge on any atom is -0.127 e. The molecule has 0 aromatic rings. The van der Waals surface area contributed by atoms with Crippen LogP contribution in [-0.4, -0.2) is 18.5 Å². The number of hydrogen-bond donors (Lipinski definition) is 0. The van der Waals surface area contributed by atoms with Crippen molar-refractivity contribution in [2.45, 2.75) is 18.9 Å². The predicted octanol–water partition coefficient (Wildman–Crippen LogP) is 2.99. The molecule has 0 aromatic carbocycles. The highest BCUT2D eigenvalue weighted by Crippen LogP contribution is 2.04. The zero-order valence-electron chi connectivity index (χ0n) is 6.47. The summed E-state index contributed by atoms with van der Waals surface area (Å²) < 4.78 is 0. The van der Waals surface area contributed by atoms with Crippen molar-refractivity contribution in [2.75, 3.05) is 12.4 Å². The van der Waals surface area contributed by atoms with Crippen LogP contribution in [0.1, 0.15) is 12.8 Å². The number of nitrogens with zero attached hydrogens (tertiary/aromatic N) is 6. The summed E-state index contributed by atoms with van der Waals surface area (Å²) in [4.78, 5) is 5.21. The summed E-state index contributed by atoms with van der Waals surface area (Å²) in [6.07, 6.45) is 1.42. The summed E-state index contributed by atoms with van der Waals surface area (Å²) in [7, 11) is 0. The standard InChI is InChI=1S/C5H9ClN6/c6-3-1-2-5(10-12-8)4-9-11-7/h5H,1-4H2. The van der Waals surface area contributed by atoms with Gasteiger partial charge in [0.05, 0.1) is 0 Å². The van der Waals surface area contributed by atoms with Crippen LogP contribution in [0.5, 0.6) is 0 Å². The van der Waals surface area contributed by atoms with Gasteiger partial charge in [-0.25, -0.2) is 0 Å². The van der Waals surface area contributed by atoms with Gasteiger partial charge in [0.15, 0.2) is 0 Å². The zero-order valence-corrected chi connectivity index (χ0v) is 7.22. The van der Waals surface area contributed by atoms with E-state index in [-0.39, 0.29) is 12.6 Å². The fourth-order valence-corrected chi connectivity index (χ4v) is 0.856. The lowest BCUT2D eigenvalue weighted by atomic mass is 10.2. The molecule has 6 nitrogen and oxygen atoms in total. The van der Waals surface area contributed by atoms with E-state index >= 15 is 0 Å². The van der Waals surface area contributed by atoms with Crippen molar-refractivity contribution in [1.82, 2.24) is 0 Å². The first-order chi connectivity index (χ1) is 5.85. The van der Waals surface area contributed by atoms with Crippen LogP contribution >= 0.6 is 11.6 Å². The third kappa shape index (κ3) is 5.68. The molecule has 0 bridgehead atoms. The molecule has 66 valence electrons. The van der Waals surface area contributed by atoms with Crippen LogP contribution in [0.3, 0.4) is 0 Å². The van der Waals surface area contributed by atoms with Gasteiger partial charge in [-0.3, -0.25) is 0 Å². The lowest BCUT2D eigenvalue weighted by Gasteiger charge is -2.04. The summed E-state index contributed by atoms with van der Waals surface area (Å²) in [6, 6.07) is -0.260. The Balaban J connectivity index is 3.85. The molecule has 0 heterocycles. The van der Waals surface area contributed by atoms with E-state index in [2.05, 4.69) is 20.1 Å². The Morgan fingerprint density at radius 3 is 2.58 bits per heavy atom. The average molecular weight is 189 g/mol. The molecule has 0 saturated carbocycles. The molecule has 0 radical (unpaired) electrons. The maximum absolute atomic E-state index is 8.13. The van der Waals surface area contributed by atoms with Crippen LogP contribution < -0.4 is 0 Å². The Kier molecular flexibility index (Phi) is 7.28. The molecule has 0 saturated heterocycles. The topological polar surface area (TPSA) is 97.5 Å². The van der Waals surface area contributed by atoms with Gasteiger partial charge < -0.3 is 0 Å². The Morgan fingerprint density at radius 1 is 1.33 bits per heavy atom. The highest BCUT2D eigenvalue weighted by Gasteiger charge is 2.03. The highest BCUT2D eigenvalue weighted by molar-refractivity contribution is 6.17. The molecule has 0 aliphatic heterocycles. The van der Waals surface area contributed by atoms with Gasteiger partial charge in [0.1, 0.15) is 0 Å². The van der Waals surface area contributed by atoms with Gasteiger partial charge >= 0.3 is 0 Å². The van der Waals surface area contributed by atoms with Crippen LogP contribution in [-0.2, 0) is 0 Å². The van der Waals surface area contributed by atoms with Crippen LogP contribution in [0, 0.1) is 0 Å². The molecular weight excluding hydrogens is 180 g/mol. The first-order valence-corrected chi connectivity index (χ1v) is 3.99. The van der Waals surface area contributed by atoms with E-state index in [0.29, 0.717) is 12.3 Å².